The number of amides is 3. The van der Waals surface area contributed by atoms with Gasteiger partial charge in [-0.05, 0) is 17.7 Å². The number of nitrogens with zero attached hydrogens (tertiary/aromatic N) is 1. The van der Waals surface area contributed by atoms with Gasteiger partial charge in [0, 0.05) is 24.7 Å². The molecule has 0 aliphatic carbocycles. The van der Waals surface area contributed by atoms with Gasteiger partial charge in [0.15, 0.2) is 0 Å². The van der Waals surface area contributed by atoms with E-state index in [4.69, 9.17) is 10.8 Å². The predicted octanol–water partition coefficient (Wildman–Crippen LogP) is -2.13. The number of rotatable bonds is 13. The van der Waals surface area contributed by atoms with Crippen LogP contribution in [0.25, 0.3) is 0 Å². The van der Waals surface area contributed by atoms with Crippen molar-refractivity contribution in [3.8, 4) is 5.75 Å². The molecule has 0 saturated heterocycles. The zero-order chi connectivity index (χ0) is 26.0. The minimum atomic E-state index is -1.57. The van der Waals surface area contributed by atoms with Gasteiger partial charge in [-0.2, -0.15) is 0 Å². The number of phenols is 1. The molecule has 14 heteroatoms. The van der Waals surface area contributed by atoms with Gasteiger partial charge in [0.05, 0.1) is 18.8 Å². The molecule has 188 valence electrons. The Morgan fingerprint density at radius 1 is 0.914 bits per heavy atom. The van der Waals surface area contributed by atoms with Gasteiger partial charge in [-0.1, -0.05) is 12.1 Å². The number of aromatic hydroxyl groups is 1. The van der Waals surface area contributed by atoms with Gasteiger partial charge in [-0.15, -0.1) is 0 Å². The molecular formula is C21H26N6O8. The highest BCUT2D eigenvalue weighted by molar-refractivity contribution is 5.95. The summed E-state index contributed by atoms with van der Waals surface area (Å²) in [4.78, 5) is 66.6. The van der Waals surface area contributed by atoms with E-state index in [9.17, 15) is 34.2 Å². The summed E-state index contributed by atoms with van der Waals surface area (Å²) in [6.45, 7) is -0.710. The number of benzene rings is 1. The molecule has 35 heavy (non-hydrogen) atoms. The standard InChI is InChI=1S/C21H26N6O8/c22-14(6-12-8-23-10-25-12)19(33)26-16(7-17(29)30)21(35)27-15(20(34)24-9-18(31)32)5-11-1-3-13(28)4-2-11/h1-4,8,10,14-16,28H,5-7,9,22H2,(H,23,25)(H,24,34)(H,26,33)(H,27,35)(H,29,30)(H,31,32). The molecule has 0 saturated carbocycles. The lowest BCUT2D eigenvalue weighted by molar-refractivity contribution is -0.141. The van der Waals surface area contributed by atoms with E-state index in [0.717, 1.165) is 0 Å². The average molecular weight is 490 g/mol. The van der Waals surface area contributed by atoms with Crippen molar-refractivity contribution in [2.24, 2.45) is 5.73 Å². The van der Waals surface area contributed by atoms with E-state index in [0.29, 0.717) is 11.3 Å². The van der Waals surface area contributed by atoms with E-state index in [1.807, 2.05) is 0 Å². The predicted molar refractivity (Wildman–Crippen MR) is 119 cm³/mol. The Morgan fingerprint density at radius 2 is 1.57 bits per heavy atom. The number of carboxylic acids is 2. The van der Waals surface area contributed by atoms with Crippen molar-refractivity contribution < 1.29 is 39.3 Å². The Hall–Kier alpha value is -4.46. The second-order valence-corrected chi connectivity index (χ2v) is 7.59. The van der Waals surface area contributed by atoms with Crippen molar-refractivity contribution in [2.75, 3.05) is 6.54 Å². The van der Waals surface area contributed by atoms with E-state index < -0.39 is 60.8 Å². The second-order valence-electron chi connectivity index (χ2n) is 7.59. The Labute approximate surface area is 198 Å². The largest absolute Gasteiger partial charge is 0.508 e. The smallest absolute Gasteiger partial charge is 0.322 e. The Balaban J connectivity index is 2.14. The molecule has 0 radical (unpaired) electrons. The average Bonchev–Trinajstić information content (AvgIpc) is 3.30. The third-order valence-corrected chi connectivity index (χ3v) is 4.77. The molecule has 2 rings (SSSR count). The third-order valence-electron chi connectivity index (χ3n) is 4.77. The van der Waals surface area contributed by atoms with Crippen LogP contribution in [-0.4, -0.2) is 79.6 Å². The van der Waals surface area contributed by atoms with Crippen LogP contribution >= 0.6 is 0 Å². The zero-order valence-electron chi connectivity index (χ0n) is 18.4. The van der Waals surface area contributed by atoms with Crippen molar-refractivity contribution in [1.82, 2.24) is 25.9 Å². The zero-order valence-corrected chi connectivity index (χ0v) is 18.4. The lowest BCUT2D eigenvalue weighted by Gasteiger charge is -2.23. The van der Waals surface area contributed by atoms with Gasteiger partial charge in [0.25, 0.3) is 0 Å². The maximum atomic E-state index is 12.9. The fraction of sp³-hybridized carbons (Fsp3) is 0.333. The van der Waals surface area contributed by atoms with E-state index >= 15 is 0 Å². The highest BCUT2D eigenvalue weighted by Gasteiger charge is 2.30. The Bertz CT molecular complexity index is 1040. The van der Waals surface area contributed by atoms with Crippen LogP contribution in [-0.2, 0) is 36.8 Å². The number of carboxylic acid groups (broad SMARTS) is 2. The van der Waals surface area contributed by atoms with Crippen molar-refractivity contribution in [3.63, 3.8) is 0 Å². The number of aromatic amines is 1. The van der Waals surface area contributed by atoms with E-state index in [1.54, 1.807) is 0 Å². The number of phenolic OH excluding ortho intramolecular Hbond substituents is 1. The van der Waals surface area contributed by atoms with Gasteiger partial charge in [-0.3, -0.25) is 24.0 Å². The highest BCUT2D eigenvalue weighted by Crippen LogP contribution is 2.12. The van der Waals surface area contributed by atoms with Crippen LogP contribution in [0.4, 0.5) is 0 Å². The molecule has 0 aliphatic heterocycles. The Kier molecular flexibility index (Phi) is 9.71. The molecule has 0 bridgehead atoms. The number of hydrogen-bond donors (Lipinski definition) is 8. The summed E-state index contributed by atoms with van der Waals surface area (Å²) in [5.41, 5.74) is 6.91. The number of carbonyl (C=O) groups is 5. The van der Waals surface area contributed by atoms with Gasteiger partial charge >= 0.3 is 11.9 Å². The topological polar surface area (TPSA) is 237 Å². The van der Waals surface area contributed by atoms with Gasteiger partial charge in [-0.25, -0.2) is 4.98 Å². The number of hydrogen-bond acceptors (Lipinski definition) is 8. The lowest BCUT2D eigenvalue weighted by atomic mass is 10.0. The SMILES string of the molecule is NC(Cc1cnc[nH]1)C(=O)NC(CC(=O)O)C(=O)NC(Cc1ccc(O)cc1)C(=O)NCC(=O)O. The Morgan fingerprint density at radius 3 is 2.14 bits per heavy atom. The lowest BCUT2D eigenvalue weighted by Crippen LogP contribution is -2.57. The number of carbonyl (C=O) groups excluding carboxylic acids is 3. The first-order valence-electron chi connectivity index (χ1n) is 10.4. The van der Waals surface area contributed by atoms with Gasteiger partial charge < -0.3 is 42.0 Å². The van der Waals surface area contributed by atoms with Crippen molar-refractivity contribution in [1.29, 1.82) is 0 Å². The minimum absolute atomic E-state index is 0.0274. The highest BCUT2D eigenvalue weighted by atomic mass is 16.4. The summed E-state index contributed by atoms with van der Waals surface area (Å²) in [6, 6.07) is 1.70. The van der Waals surface area contributed by atoms with Gasteiger partial charge in [0.1, 0.15) is 24.4 Å². The first-order valence-corrected chi connectivity index (χ1v) is 10.4. The molecule has 0 fully saturated rings. The molecule has 0 spiro atoms. The molecule has 1 aromatic carbocycles. The molecule has 3 atom stereocenters. The number of imidazole rings is 1. The van der Waals surface area contributed by atoms with Crippen molar-refractivity contribution >= 4 is 29.7 Å². The fourth-order valence-electron chi connectivity index (χ4n) is 3.02. The number of H-pyrrole nitrogens is 1. The molecular weight excluding hydrogens is 464 g/mol. The summed E-state index contributed by atoms with van der Waals surface area (Å²) in [5, 5.41) is 34.2. The quantitative estimate of drug-likeness (QED) is 0.152. The number of nitrogens with one attached hydrogen (secondary N) is 4. The van der Waals surface area contributed by atoms with Crippen LogP contribution in [0.15, 0.2) is 36.8 Å². The number of nitrogens with two attached hydrogens (primary N) is 1. The summed E-state index contributed by atoms with van der Waals surface area (Å²) in [7, 11) is 0. The van der Waals surface area contributed by atoms with E-state index in [1.165, 1.54) is 36.8 Å². The van der Waals surface area contributed by atoms with Crippen LogP contribution in [0.5, 0.6) is 5.75 Å². The molecule has 14 nitrogen and oxygen atoms in total. The first-order chi connectivity index (χ1) is 16.5. The number of aromatic nitrogens is 2. The van der Waals surface area contributed by atoms with Crippen LogP contribution in [0.3, 0.4) is 0 Å². The molecule has 1 heterocycles. The van der Waals surface area contributed by atoms with Crippen LogP contribution in [0.1, 0.15) is 17.7 Å². The van der Waals surface area contributed by atoms with Crippen molar-refractivity contribution in [2.45, 2.75) is 37.4 Å². The monoisotopic (exact) mass is 490 g/mol. The summed E-state index contributed by atoms with van der Waals surface area (Å²) < 4.78 is 0. The van der Waals surface area contributed by atoms with Crippen LogP contribution in [0.2, 0.25) is 0 Å². The fourth-order valence-corrected chi connectivity index (χ4v) is 3.02. The van der Waals surface area contributed by atoms with Gasteiger partial charge in [0.2, 0.25) is 17.7 Å². The van der Waals surface area contributed by atoms with Crippen LogP contribution < -0.4 is 21.7 Å². The second kappa shape index (κ2) is 12.7. The van der Waals surface area contributed by atoms with Crippen LogP contribution in [0, 0.1) is 0 Å². The maximum Gasteiger partial charge on any atom is 0.322 e. The maximum absolute atomic E-state index is 12.9. The van der Waals surface area contributed by atoms with E-state index in [-0.39, 0.29) is 18.6 Å². The normalized spacial score (nSPS) is 13.2. The summed E-state index contributed by atoms with van der Waals surface area (Å²) in [6.07, 6.45) is 2.00. The molecule has 3 amide bonds. The summed E-state index contributed by atoms with van der Waals surface area (Å²) >= 11 is 0. The molecule has 2 aromatic rings. The molecule has 3 unspecified atom stereocenters. The first kappa shape index (κ1) is 26.8. The molecule has 9 N–H and O–H groups in total. The molecule has 1 aromatic heterocycles. The summed E-state index contributed by atoms with van der Waals surface area (Å²) in [5.74, 6) is -5.35. The van der Waals surface area contributed by atoms with Crippen molar-refractivity contribution in [3.05, 3.63) is 48.0 Å². The number of aliphatic carboxylic acids is 2. The third kappa shape index (κ3) is 9.13. The minimum Gasteiger partial charge on any atom is -0.508 e. The van der Waals surface area contributed by atoms with E-state index in [2.05, 4.69) is 25.9 Å². The molecule has 0 aliphatic rings.